The van der Waals surface area contributed by atoms with Gasteiger partial charge >= 0.3 is 0 Å². The highest BCUT2D eigenvalue weighted by atomic mass is 32.2. The van der Waals surface area contributed by atoms with Gasteiger partial charge in [-0.1, -0.05) is 6.92 Å². The molecule has 1 N–H and O–H groups in total. The Balaban J connectivity index is 3.46. The second kappa shape index (κ2) is 8.42. The minimum Gasteiger partial charge on any atom is -0.314 e. The van der Waals surface area contributed by atoms with Gasteiger partial charge in [-0.25, -0.2) is 8.42 Å². The van der Waals surface area contributed by atoms with Crippen LogP contribution in [0, 0.1) is 0 Å². The van der Waals surface area contributed by atoms with Crippen LogP contribution >= 0.6 is 11.8 Å². The summed E-state index contributed by atoms with van der Waals surface area (Å²) in [5.74, 6) is 1.72. The normalized spacial score (nSPS) is 14.1. The van der Waals surface area contributed by atoms with E-state index >= 15 is 0 Å². The monoisotopic (exact) mass is 253 g/mol. The highest BCUT2D eigenvalue weighted by Crippen LogP contribution is 2.00. The molecular weight excluding hydrogens is 230 g/mol. The van der Waals surface area contributed by atoms with Gasteiger partial charge < -0.3 is 5.32 Å². The van der Waals surface area contributed by atoms with E-state index in [2.05, 4.69) is 18.5 Å². The van der Waals surface area contributed by atoms with Crippen LogP contribution in [-0.4, -0.2) is 44.5 Å². The van der Waals surface area contributed by atoms with E-state index in [1.165, 1.54) is 0 Å². The van der Waals surface area contributed by atoms with Crippen molar-refractivity contribution in [3.05, 3.63) is 0 Å². The fourth-order valence-electron chi connectivity index (χ4n) is 1.18. The minimum atomic E-state index is -2.78. The average Bonchev–Trinajstić information content (AvgIpc) is 2.21. The average molecular weight is 253 g/mol. The molecule has 0 aromatic carbocycles. The number of hydrogen-bond acceptors (Lipinski definition) is 4. The summed E-state index contributed by atoms with van der Waals surface area (Å²) < 4.78 is 22.4. The van der Waals surface area contributed by atoms with Gasteiger partial charge in [0.05, 0.1) is 5.75 Å². The second-order valence-electron chi connectivity index (χ2n) is 3.73. The van der Waals surface area contributed by atoms with Gasteiger partial charge in [-0.15, -0.1) is 0 Å². The highest BCUT2D eigenvalue weighted by Gasteiger charge is 2.06. The van der Waals surface area contributed by atoms with Crippen molar-refractivity contribution >= 4 is 21.6 Å². The second-order valence-corrected chi connectivity index (χ2v) is 7.18. The zero-order valence-corrected chi connectivity index (χ0v) is 11.6. The quantitative estimate of drug-likeness (QED) is 0.633. The van der Waals surface area contributed by atoms with Crippen LogP contribution in [0.5, 0.6) is 0 Å². The summed E-state index contributed by atoms with van der Waals surface area (Å²) in [7, 11) is -2.78. The molecule has 0 aromatic rings. The molecule has 0 rings (SSSR count). The smallest absolute Gasteiger partial charge is 0.150 e. The van der Waals surface area contributed by atoms with Gasteiger partial charge in [0.25, 0.3) is 0 Å². The van der Waals surface area contributed by atoms with E-state index in [0.29, 0.717) is 11.8 Å². The summed E-state index contributed by atoms with van der Waals surface area (Å²) in [4.78, 5) is 0. The lowest BCUT2D eigenvalue weighted by Gasteiger charge is -2.12. The Labute approximate surface area is 98.3 Å². The van der Waals surface area contributed by atoms with Gasteiger partial charge in [-0.3, -0.25) is 0 Å². The van der Waals surface area contributed by atoms with Crippen LogP contribution in [0.25, 0.3) is 0 Å². The van der Waals surface area contributed by atoms with E-state index in [4.69, 9.17) is 0 Å². The molecule has 0 saturated carbocycles. The summed E-state index contributed by atoms with van der Waals surface area (Å²) in [5.41, 5.74) is 0. The fraction of sp³-hybridized carbons (Fsp3) is 1.00. The summed E-state index contributed by atoms with van der Waals surface area (Å²) in [6, 6.07) is 0.488. The lowest BCUT2D eigenvalue weighted by atomic mass is 10.2. The number of hydrogen-bond donors (Lipinski definition) is 1. The lowest BCUT2D eigenvalue weighted by Crippen LogP contribution is -2.28. The van der Waals surface area contributed by atoms with Crippen molar-refractivity contribution in [2.45, 2.75) is 32.7 Å². The van der Waals surface area contributed by atoms with Crippen LogP contribution in [0.4, 0.5) is 0 Å². The summed E-state index contributed by atoms with van der Waals surface area (Å²) in [6.45, 7) is 4.64. The molecule has 0 heterocycles. The van der Waals surface area contributed by atoms with Gasteiger partial charge in [0.15, 0.2) is 0 Å². The zero-order valence-electron chi connectivity index (χ0n) is 9.95. The minimum absolute atomic E-state index is 0.259. The molecule has 15 heavy (non-hydrogen) atoms. The van der Waals surface area contributed by atoms with Crippen molar-refractivity contribution < 1.29 is 8.42 Å². The Morgan fingerprint density at radius 3 is 2.60 bits per heavy atom. The van der Waals surface area contributed by atoms with E-state index in [1.54, 1.807) is 6.92 Å². The topological polar surface area (TPSA) is 46.2 Å². The van der Waals surface area contributed by atoms with Gasteiger partial charge in [0, 0.05) is 11.8 Å². The Morgan fingerprint density at radius 2 is 2.07 bits per heavy atom. The molecule has 5 heteroatoms. The summed E-state index contributed by atoms with van der Waals surface area (Å²) in [6.07, 6.45) is 3.96. The zero-order chi connectivity index (χ0) is 11.7. The van der Waals surface area contributed by atoms with Crippen molar-refractivity contribution in [1.82, 2.24) is 5.32 Å². The van der Waals surface area contributed by atoms with Crippen LogP contribution in [0.15, 0.2) is 0 Å². The van der Waals surface area contributed by atoms with Crippen molar-refractivity contribution in [3.8, 4) is 0 Å². The largest absolute Gasteiger partial charge is 0.314 e. The highest BCUT2D eigenvalue weighted by molar-refractivity contribution is 7.98. The van der Waals surface area contributed by atoms with E-state index in [1.807, 2.05) is 11.8 Å². The maximum absolute atomic E-state index is 11.2. The lowest BCUT2D eigenvalue weighted by molar-refractivity contribution is 0.532. The van der Waals surface area contributed by atoms with E-state index in [-0.39, 0.29) is 5.75 Å². The number of nitrogens with one attached hydrogen (secondary N) is 1. The molecule has 0 spiro atoms. The molecule has 1 atom stereocenters. The Bertz CT molecular complexity index is 240. The van der Waals surface area contributed by atoms with E-state index in [9.17, 15) is 8.42 Å². The first-order valence-corrected chi connectivity index (χ1v) is 8.66. The molecule has 0 aromatic heterocycles. The Morgan fingerprint density at radius 1 is 1.40 bits per heavy atom. The molecule has 0 bridgehead atoms. The van der Waals surface area contributed by atoms with Crippen molar-refractivity contribution in [2.24, 2.45) is 0 Å². The predicted octanol–water partition coefficient (Wildman–Crippen LogP) is 1.54. The molecule has 0 aliphatic heterocycles. The van der Waals surface area contributed by atoms with Crippen LogP contribution in [0.2, 0.25) is 0 Å². The number of thioether (sulfide) groups is 1. The maximum atomic E-state index is 11.2. The van der Waals surface area contributed by atoms with Crippen molar-refractivity contribution in [2.75, 3.05) is 30.1 Å². The Hall–Kier alpha value is 0.260. The first-order valence-electron chi connectivity index (χ1n) is 5.44. The third-order valence-electron chi connectivity index (χ3n) is 2.32. The van der Waals surface area contributed by atoms with Crippen molar-refractivity contribution in [3.63, 3.8) is 0 Å². The van der Waals surface area contributed by atoms with Crippen molar-refractivity contribution in [1.29, 1.82) is 0 Å². The fourth-order valence-corrected chi connectivity index (χ4v) is 2.64. The van der Waals surface area contributed by atoms with Crippen LogP contribution in [0.3, 0.4) is 0 Å². The maximum Gasteiger partial charge on any atom is 0.150 e. The molecule has 0 aliphatic carbocycles. The molecule has 92 valence electrons. The molecule has 0 aliphatic rings. The number of sulfone groups is 1. The summed E-state index contributed by atoms with van der Waals surface area (Å²) >= 11 is 1.84. The predicted molar refractivity (Wildman–Crippen MR) is 69.4 cm³/mol. The van der Waals surface area contributed by atoms with Gasteiger partial charge in [-0.05, 0) is 38.3 Å². The standard InChI is InChI=1S/C10H23NO2S2/c1-4-15(12,13)9-5-7-11-10(2)6-8-14-3/h10-11H,4-9H2,1-3H3. The van der Waals surface area contributed by atoms with Gasteiger partial charge in [0.2, 0.25) is 0 Å². The van der Waals surface area contributed by atoms with Gasteiger partial charge in [0.1, 0.15) is 9.84 Å². The molecule has 0 amide bonds. The Kier molecular flexibility index (Phi) is 8.56. The van der Waals surface area contributed by atoms with E-state index < -0.39 is 9.84 Å². The molecule has 0 radical (unpaired) electrons. The third-order valence-corrected chi connectivity index (χ3v) is 4.75. The third kappa shape index (κ3) is 9.20. The molecule has 1 unspecified atom stereocenters. The van der Waals surface area contributed by atoms with E-state index in [0.717, 1.165) is 25.1 Å². The summed E-state index contributed by atoms with van der Waals surface area (Å²) in [5, 5.41) is 3.34. The van der Waals surface area contributed by atoms with Crippen LogP contribution in [0.1, 0.15) is 26.7 Å². The molecule has 3 nitrogen and oxygen atoms in total. The first-order chi connectivity index (χ1) is 7.02. The SMILES string of the molecule is CCS(=O)(=O)CCCNC(C)CCSC. The number of rotatable bonds is 9. The van der Waals surface area contributed by atoms with Crippen LogP contribution < -0.4 is 5.32 Å². The molecule has 0 fully saturated rings. The van der Waals surface area contributed by atoms with Crippen LogP contribution in [-0.2, 0) is 9.84 Å². The first kappa shape index (κ1) is 15.3. The van der Waals surface area contributed by atoms with Gasteiger partial charge in [-0.2, -0.15) is 11.8 Å². The molecule has 0 saturated heterocycles. The molecular formula is C10H23NO2S2.